The van der Waals surface area contributed by atoms with Gasteiger partial charge in [0.05, 0.1) is 5.56 Å². The number of aromatic hydroxyl groups is 1. The molecule has 1 N–H and O–H groups in total. The molecule has 0 aromatic heterocycles. The van der Waals surface area contributed by atoms with Crippen LogP contribution in [0.15, 0.2) is 60.2 Å². The van der Waals surface area contributed by atoms with E-state index in [9.17, 15) is 14.7 Å². The lowest BCUT2D eigenvalue weighted by Crippen LogP contribution is -2.27. The zero-order valence-electron chi connectivity index (χ0n) is 13.9. The molecule has 2 aromatic carbocycles. The predicted octanol–water partition coefficient (Wildman–Crippen LogP) is 4.00. The number of carbonyl (C=O) groups is 2. The van der Waals surface area contributed by atoms with Crippen LogP contribution in [0.25, 0.3) is 6.08 Å². The van der Waals surface area contributed by atoms with Crippen LogP contribution >= 0.6 is 0 Å². The Kier molecular flexibility index (Phi) is 5.19. The van der Waals surface area contributed by atoms with Crippen LogP contribution in [-0.4, -0.2) is 22.5 Å². The Morgan fingerprint density at radius 2 is 1.54 bits per heavy atom. The van der Waals surface area contributed by atoms with Crippen LogP contribution in [0.1, 0.15) is 36.7 Å². The maximum absolute atomic E-state index is 12.8. The van der Waals surface area contributed by atoms with Gasteiger partial charge in [-0.15, -0.1) is 0 Å². The third kappa shape index (κ3) is 4.56. The van der Waals surface area contributed by atoms with Crippen molar-refractivity contribution in [3.63, 3.8) is 0 Å². The highest BCUT2D eigenvalue weighted by atomic mass is 16.6. The Labute approximate surface area is 141 Å². The average molecular weight is 324 g/mol. The van der Waals surface area contributed by atoms with Crippen LogP contribution in [0.5, 0.6) is 5.75 Å². The van der Waals surface area contributed by atoms with Gasteiger partial charge in [0, 0.05) is 0 Å². The van der Waals surface area contributed by atoms with Crippen LogP contribution in [0.4, 0.5) is 0 Å². The number of rotatable bonds is 4. The Morgan fingerprint density at radius 1 is 0.958 bits per heavy atom. The van der Waals surface area contributed by atoms with E-state index in [-0.39, 0.29) is 16.9 Å². The molecule has 2 rings (SSSR count). The summed E-state index contributed by atoms with van der Waals surface area (Å²) in [4.78, 5) is 25.3. The molecule has 4 heteroatoms. The lowest BCUT2D eigenvalue weighted by molar-refractivity contribution is -0.149. The van der Waals surface area contributed by atoms with Gasteiger partial charge >= 0.3 is 5.97 Å². The number of benzene rings is 2. The summed E-state index contributed by atoms with van der Waals surface area (Å²) in [6, 6.07) is 15.1. The molecule has 0 fully saturated rings. The Morgan fingerprint density at radius 3 is 2.12 bits per heavy atom. The summed E-state index contributed by atoms with van der Waals surface area (Å²) in [7, 11) is 0. The van der Waals surface area contributed by atoms with Crippen LogP contribution in [0, 0.1) is 0 Å². The summed E-state index contributed by atoms with van der Waals surface area (Å²) in [5.41, 5.74) is -0.100. The summed E-state index contributed by atoms with van der Waals surface area (Å²) in [5.74, 6) is -1.48. The second kappa shape index (κ2) is 7.13. The molecule has 0 unspecified atom stereocenters. The summed E-state index contributed by atoms with van der Waals surface area (Å²) in [6.45, 7) is 5.19. The van der Waals surface area contributed by atoms with Gasteiger partial charge in [0.15, 0.2) is 0 Å². The number of para-hydroxylation sites is 1. The van der Waals surface area contributed by atoms with Crippen LogP contribution < -0.4 is 0 Å². The van der Waals surface area contributed by atoms with E-state index in [1.165, 1.54) is 18.2 Å². The summed E-state index contributed by atoms with van der Waals surface area (Å²) in [5, 5.41) is 9.91. The maximum atomic E-state index is 12.8. The third-order valence-electron chi connectivity index (χ3n) is 3.12. The molecule has 0 atom stereocenters. The summed E-state index contributed by atoms with van der Waals surface area (Å²) >= 11 is 0. The molecule has 0 radical (unpaired) electrons. The van der Waals surface area contributed by atoms with Crippen molar-refractivity contribution in [1.29, 1.82) is 0 Å². The molecule has 2 aromatic rings. The number of ketones is 1. The van der Waals surface area contributed by atoms with Gasteiger partial charge in [-0.3, -0.25) is 4.79 Å². The van der Waals surface area contributed by atoms with E-state index in [0.29, 0.717) is 5.56 Å². The number of hydrogen-bond acceptors (Lipinski definition) is 4. The fourth-order valence-corrected chi connectivity index (χ4v) is 2.08. The number of Topliss-reactive ketones (excluding diaryl/α,β-unsaturated/α-hetero) is 1. The highest BCUT2D eigenvalue weighted by Crippen LogP contribution is 2.23. The van der Waals surface area contributed by atoms with Gasteiger partial charge in [-0.05, 0) is 44.5 Å². The van der Waals surface area contributed by atoms with Gasteiger partial charge < -0.3 is 9.84 Å². The second-order valence-corrected chi connectivity index (χ2v) is 6.32. The largest absolute Gasteiger partial charge is 0.507 e. The van der Waals surface area contributed by atoms with Crippen LogP contribution in [-0.2, 0) is 9.53 Å². The minimum atomic E-state index is -0.730. The Hall–Kier alpha value is -2.88. The second-order valence-electron chi connectivity index (χ2n) is 6.32. The predicted molar refractivity (Wildman–Crippen MR) is 92.7 cm³/mol. The zero-order chi connectivity index (χ0) is 17.7. The lowest BCUT2D eigenvalue weighted by atomic mass is 10.00. The first-order valence-corrected chi connectivity index (χ1v) is 7.61. The van der Waals surface area contributed by atoms with Gasteiger partial charge in [-0.25, -0.2) is 4.79 Å². The van der Waals surface area contributed by atoms with Crippen LogP contribution in [0.2, 0.25) is 0 Å². The van der Waals surface area contributed by atoms with Gasteiger partial charge in [0.1, 0.15) is 16.9 Å². The van der Waals surface area contributed by atoms with Gasteiger partial charge in [0.2, 0.25) is 5.78 Å². The Balaban J connectivity index is 2.47. The molecule has 0 saturated heterocycles. The lowest BCUT2D eigenvalue weighted by Gasteiger charge is -2.20. The Bertz CT molecular complexity index is 768. The van der Waals surface area contributed by atoms with Crippen molar-refractivity contribution in [2.45, 2.75) is 26.4 Å². The van der Waals surface area contributed by atoms with Gasteiger partial charge in [0.25, 0.3) is 0 Å². The molecule has 0 spiro atoms. The highest BCUT2D eigenvalue weighted by Gasteiger charge is 2.27. The molecule has 4 nitrogen and oxygen atoms in total. The van der Waals surface area contributed by atoms with E-state index in [0.717, 1.165) is 0 Å². The average Bonchev–Trinajstić information content (AvgIpc) is 2.52. The number of carbonyl (C=O) groups excluding carboxylic acids is 2. The topological polar surface area (TPSA) is 63.6 Å². The molecular formula is C20H20O4. The SMILES string of the molecule is CC(C)(C)OC(=O)/C(=C/c1ccccc1)C(=O)c1ccccc1O. The van der Waals surface area contributed by atoms with E-state index in [2.05, 4.69) is 0 Å². The van der Waals surface area contributed by atoms with Crippen molar-refractivity contribution in [2.75, 3.05) is 0 Å². The first-order chi connectivity index (χ1) is 11.3. The van der Waals surface area contributed by atoms with E-state index in [1.54, 1.807) is 45.0 Å². The van der Waals surface area contributed by atoms with E-state index >= 15 is 0 Å². The molecule has 0 heterocycles. The van der Waals surface area contributed by atoms with E-state index in [1.807, 2.05) is 18.2 Å². The minimum Gasteiger partial charge on any atom is -0.507 e. The monoisotopic (exact) mass is 324 g/mol. The number of hydrogen-bond donors (Lipinski definition) is 1. The number of esters is 1. The van der Waals surface area contributed by atoms with E-state index < -0.39 is 17.4 Å². The van der Waals surface area contributed by atoms with Crippen molar-refractivity contribution < 1.29 is 19.4 Å². The quantitative estimate of drug-likeness (QED) is 0.303. The van der Waals surface area contributed by atoms with Crippen molar-refractivity contribution in [3.05, 3.63) is 71.3 Å². The molecular weight excluding hydrogens is 304 g/mol. The molecule has 0 aliphatic rings. The molecule has 0 saturated carbocycles. The van der Waals surface area contributed by atoms with Gasteiger partial charge in [-0.2, -0.15) is 0 Å². The highest BCUT2D eigenvalue weighted by molar-refractivity contribution is 6.27. The first-order valence-electron chi connectivity index (χ1n) is 7.61. The fraction of sp³-hybridized carbons (Fsp3) is 0.200. The zero-order valence-corrected chi connectivity index (χ0v) is 13.9. The normalized spacial score (nSPS) is 11.9. The maximum Gasteiger partial charge on any atom is 0.342 e. The van der Waals surface area contributed by atoms with Crippen LogP contribution in [0.3, 0.4) is 0 Å². The van der Waals surface area contributed by atoms with Crippen molar-refractivity contribution in [1.82, 2.24) is 0 Å². The standard InChI is InChI=1S/C20H20O4/c1-20(2,3)24-19(23)16(13-14-9-5-4-6-10-14)18(22)15-11-7-8-12-17(15)21/h4-13,21H,1-3H3/b16-13+. The molecule has 124 valence electrons. The smallest absolute Gasteiger partial charge is 0.342 e. The molecule has 24 heavy (non-hydrogen) atoms. The third-order valence-corrected chi connectivity index (χ3v) is 3.12. The van der Waals surface area contributed by atoms with Gasteiger partial charge in [-0.1, -0.05) is 42.5 Å². The first kappa shape index (κ1) is 17.5. The number of phenolic OH excluding ortho intramolecular Hbond substituents is 1. The van der Waals surface area contributed by atoms with Crippen molar-refractivity contribution >= 4 is 17.8 Å². The number of ether oxygens (including phenoxy) is 1. The van der Waals surface area contributed by atoms with Crippen molar-refractivity contribution in [3.8, 4) is 5.75 Å². The minimum absolute atomic E-state index is 0.0607. The number of phenols is 1. The van der Waals surface area contributed by atoms with E-state index in [4.69, 9.17) is 4.74 Å². The molecule has 0 aliphatic heterocycles. The molecule has 0 bridgehead atoms. The fourth-order valence-electron chi connectivity index (χ4n) is 2.08. The summed E-state index contributed by atoms with van der Waals surface area (Å²) < 4.78 is 5.34. The van der Waals surface area contributed by atoms with Crippen molar-refractivity contribution in [2.24, 2.45) is 0 Å². The molecule has 0 aliphatic carbocycles. The summed E-state index contributed by atoms with van der Waals surface area (Å²) in [6.07, 6.45) is 1.48. The molecule has 0 amide bonds.